The van der Waals surface area contributed by atoms with Gasteiger partial charge in [0.05, 0.1) is 12.6 Å². The highest BCUT2D eigenvalue weighted by molar-refractivity contribution is 5.74. The molecule has 2 aliphatic rings. The minimum Gasteiger partial charge on any atom is -0.394 e. The number of nitrogens with zero attached hydrogens (tertiary/aromatic N) is 1. The van der Waals surface area contributed by atoms with Gasteiger partial charge in [0.2, 0.25) is 0 Å². The molecule has 132 valence electrons. The summed E-state index contributed by atoms with van der Waals surface area (Å²) in [6.45, 7) is 4.99. The molecule has 0 aromatic heterocycles. The molecule has 1 saturated carbocycles. The largest absolute Gasteiger partial charge is 0.394 e. The lowest BCUT2D eigenvalue weighted by Gasteiger charge is -2.19. The van der Waals surface area contributed by atoms with E-state index in [-0.39, 0.29) is 18.7 Å². The molecule has 2 fully saturated rings. The third kappa shape index (κ3) is 4.48. The van der Waals surface area contributed by atoms with Crippen molar-refractivity contribution in [3.8, 4) is 0 Å². The highest BCUT2D eigenvalue weighted by Crippen LogP contribution is 2.31. The number of aliphatic hydroxyl groups is 1. The molecular formula is C19H29N3O2. The van der Waals surface area contributed by atoms with Gasteiger partial charge in [0.1, 0.15) is 0 Å². The first kappa shape index (κ1) is 17.2. The van der Waals surface area contributed by atoms with Crippen molar-refractivity contribution >= 4 is 6.03 Å². The van der Waals surface area contributed by atoms with Crippen molar-refractivity contribution in [1.29, 1.82) is 0 Å². The standard InChI is InChI=1S/C19H29N3O2/c1-2-14-3-5-16(6-4-14)18(13-23)21-19(24)20-11-15-9-10-22(12-15)17-7-8-17/h3-6,15,17-18,23H,2,7-13H2,1H3,(H2,20,21,24). The van der Waals surface area contributed by atoms with Gasteiger partial charge in [-0.15, -0.1) is 0 Å². The molecule has 5 heteroatoms. The Hall–Kier alpha value is -1.59. The SMILES string of the molecule is CCc1ccc(C(CO)NC(=O)NCC2CCN(C3CC3)C2)cc1. The number of hydrogen-bond donors (Lipinski definition) is 3. The normalized spacial score (nSPS) is 22.3. The van der Waals surface area contributed by atoms with Crippen LogP contribution in [0.1, 0.15) is 43.4 Å². The number of carbonyl (C=O) groups is 1. The average Bonchev–Trinajstić information content (AvgIpc) is 3.36. The number of likely N-dealkylation sites (tertiary alicyclic amines) is 1. The molecule has 1 aromatic carbocycles. The summed E-state index contributed by atoms with van der Waals surface area (Å²) in [6, 6.07) is 8.30. The minimum atomic E-state index is -0.359. The minimum absolute atomic E-state index is 0.0994. The van der Waals surface area contributed by atoms with Crippen LogP contribution in [0.5, 0.6) is 0 Å². The van der Waals surface area contributed by atoms with Crippen LogP contribution in [0, 0.1) is 5.92 Å². The van der Waals surface area contributed by atoms with Crippen LogP contribution in [0.25, 0.3) is 0 Å². The molecule has 5 nitrogen and oxygen atoms in total. The maximum Gasteiger partial charge on any atom is 0.315 e. The fourth-order valence-corrected chi connectivity index (χ4v) is 3.47. The number of rotatable bonds is 7. The monoisotopic (exact) mass is 331 g/mol. The van der Waals surface area contributed by atoms with Gasteiger partial charge in [-0.05, 0) is 49.3 Å². The first-order valence-electron chi connectivity index (χ1n) is 9.17. The van der Waals surface area contributed by atoms with Gasteiger partial charge in [-0.3, -0.25) is 0 Å². The molecule has 24 heavy (non-hydrogen) atoms. The summed E-state index contributed by atoms with van der Waals surface area (Å²) < 4.78 is 0. The summed E-state index contributed by atoms with van der Waals surface area (Å²) in [5.74, 6) is 0.549. The first-order chi connectivity index (χ1) is 11.7. The Labute approximate surface area is 144 Å². The van der Waals surface area contributed by atoms with E-state index in [0.717, 1.165) is 24.6 Å². The predicted octanol–water partition coefficient (Wildman–Crippen LogP) is 2.07. The second kappa shape index (κ2) is 7.99. The third-order valence-corrected chi connectivity index (χ3v) is 5.21. The van der Waals surface area contributed by atoms with E-state index >= 15 is 0 Å². The molecule has 3 rings (SSSR count). The van der Waals surface area contributed by atoms with Crippen molar-refractivity contribution in [3.05, 3.63) is 35.4 Å². The molecule has 2 unspecified atom stereocenters. The van der Waals surface area contributed by atoms with Crippen molar-refractivity contribution in [2.24, 2.45) is 5.92 Å². The van der Waals surface area contributed by atoms with Gasteiger partial charge >= 0.3 is 6.03 Å². The van der Waals surface area contributed by atoms with Gasteiger partial charge in [0, 0.05) is 19.1 Å². The molecule has 1 aliphatic heterocycles. The van der Waals surface area contributed by atoms with Crippen LogP contribution in [-0.2, 0) is 6.42 Å². The lowest BCUT2D eigenvalue weighted by Crippen LogP contribution is -2.41. The molecule has 2 atom stereocenters. The zero-order valence-corrected chi connectivity index (χ0v) is 14.5. The van der Waals surface area contributed by atoms with E-state index in [4.69, 9.17) is 0 Å². The van der Waals surface area contributed by atoms with Gasteiger partial charge in [0.25, 0.3) is 0 Å². The van der Waals surface area contributed by atoms with E-state index in [1.807, 2.05) is 24.3 Å². The second-order valence-electron chi connectivity index (χ2n) is 7.07. The maximum atomic E-state index is 12.1. The molecule has 2 amide bonds. The second-order valence-corrected chi connectivity index (χ2v) is 7.07. The summed E-state index contributed by atoms with van der Waals surface area (Å²) >= 11 is 0. The lowest BCUT2D eigenvalue weighted by molar-refractivity contribution is 0.215. The molecule has 1 saturated heterocycles. The van der Waals surface area contributed by atoms with Crippen molar-refractivity contribution in [1.82, 2.24) is 15.5 Å². The smallest absolute Gasteiger partial charge is 0.315 e. The fraction of sp³-hybridized carbons (Fsp3) is 0.632. The molecule has 1 heterocycles. The number of aryl methyl sites for hydroxylation is 1. The molecule has 3 N–H and O–H groups in total. The summed E-state index contributed by atoms with van der Waals surface area (Å²) in [4.78, 5) is 14.7. The fourth-order valence-electron chi connectivity index (χ4n) is 3.47. The van der Waals surface area contributed by atoms with Crippen LogP contribution in [0.3, 0.4) is 0 Å². The van der Waals surface area contributed by atoms with E-state index < -0.39 is 0 Å². The van der Waals surface area contributed by atoms with Crippen LogP contribution in [0.4, 0.5) is 4.79 Å². The van der Waals surface area contributed by atoms with Crippen LogP contribution in [-0.4, -0.2) is 48.3 Å². The zero-order valence-electron chi connectivity index (χ0n) is 14.5. The van der Waals surface area contributed by atoms with E-state index in [2.05, 4.69) is 22.5 Å². The van der Waals surface area contributed by atoms with E-state index in [9.17, 15) is 9.90 Å². The highest BCUT2D eigenvalue weighted by atomic mass is 16.3. The number of carbonyl (C=O) groups excluding carboxylic acids is 1. The lowest BCUT2D eigenvalue weighted by atomic mass is 10.0. The Morgan fingerprint density at radius 1 is 1.29 bits per heavy atom. The van der Waals surface area contributed by atoms with Crippen LogP contribution in [0.2, 0.25) is 0 Å². The van der Waals surface area contributed by atoms with Crippen molar-refractivity contribution in [3.63, 3.8) is 0 Å². The van der Waals surface area contributed by atoms with Gasteiger partial charge < -0.3 is 20.6 Å². The highest BCUT2D eigenvalue weighted by Gasteiger charge is 2.34. The Kier molecular flexibility index (Phi) is 5.74. The van der Waals surface area contributed by atoms with Crippen LogP contribution < -0.4 is 10.6 Å². The molecular weight excluding hydrogens is 302 g/mol. The number of urea groups is 1. The van der Waals surface area contributed by atoms with Gasteiger partial charge in [-0.2, -0.15) is 0 Å². The molecule has 0 radical (unpaired) electrons. The van der Waals surface area contributed by atoms with Gasteiger partial charge in [0.15, 0.2) is 0 Å². The predicted molar refractivity (Wildman–Crippen MR) is 94.9 cm³/mol. The average molecular weight is 331 g/mol. The number of nitrogens with one attached hydrogen (secondary N) is 2. The number of aliphatic hydroxyl groups excluding tert-OH is 1. The summed E-state index contributed by atoms with van der Waals surface area (Å²) in [6.07, 6.45) is 4.83. The zero-order chi connectivity index (χ0) is 16.9. The number of amides is 2. The topological polar surface area (TPSA) is 64.6 Å². The first-order valence-corrected chi connectivity index (χ1v) is 9.17. The quantitative estimate of drug-likeness (QED) is 0.717. The van der Waals surface area contributed by atoms with Crippen molar-refractivity contribution in [2.75, 3.05) is 26.2 Å². The molecule has 1 aromatic rings. The molecule has 0 spiro atoms. The number of hydrogen-bond acceptors (Lipinski definition) is 3. The molecule has 1 aliphatic carbocycles. The third-order valence-electron chi connectivity index (χ3n) is 5.21. The summed E-state index contributed by atoms with van der Waals surface area (Å²) in [5.41, 5.74) is 2.19. The van der Waals surface area contributed by atoms with E-state index in [0.29, 0.717) is 12.5 Å². The summed E-state index contributed by atoms with van der Waals surface area (Å²) in [5, 5.41) is 15.4. The van der Waals surface area contributed by atoms with Crippen LogP contribution >= 0.6 is 0 Å². The van der Waals surface area contributed by atoms with E-state index in [1.165, 1.54) is 31.4 Å². The Morgan fingerprint density at radius 3 is 2.67 bits per heavy atom. The van der Waals surface area contributed by atoms with Gasteiger partial charge in [-0.25, -0.2) is 4.79 Å². The molecule has 0 bridgehead atoms. The number of benzene rings is 1. The van der Waals surface area contributed by atoms with Crippen molar-refractivity contribution < 1.29 is 9.90 Å². The Bertz CT molecular complexity index is 542. The van der Waals surface area contributed by atoms with Crippen LogP contribution in [0.15, 0.2) is 24.3 Å². The van der Waals surface area contributed by atoms with Gasteiger partial charge in [-0.1, -0.05) is 31.2 Å². The Morgan fingerprint density at radius 2 is 2.04 bits per heavy atom. The maximum absolute atomic E-state index is 12.1. The van der Waals surface area contributed by atoms with E-state index in [1.54, 1.807) is 0 Å². The summed E-state index contributed by atoms with van der Waals surface area (Å²) in [7, 11) is 0. The van der Waals surface area contributed by atoms with Crippen molar-refractivity contribution in [2.45, 2.75) is 44.7 Å². The Balaban J connectivity index is 1.44.